The van der Waals surface area contributed by atoms with Crippen molar-refractivity contribution in [1.29, 1.82) is 0 Å². The fraction of sp³-hybridized carbons (Fsp3) is 0.636. The molecule has 0 aromatic heterocycles. The third-order valence-electron chi connectivity index (χ3n) is 2.87. The average Bonchev–Trinajstić information content (AvgIpc) is 2.30. The van der Waals surface area contributed by atoms with E-state index in [2.05, 4.69) is 16.6 Å². The largest absolute Gasteiger partial charge is 0.481 e. The molecule has 0 aromatic carbocycles. The predicted molar refractivity (Wildman–Crippen MR) is 60.8 cm³/mol. The summed E-state index contributed by atoms with van der Waals surface area (Å²) in [6.07, 6.45) is -1.66. The van der Waals surface area contributed by atoms with Crippen LogP contribution in [0.2, 0.25) is 0 Å². The van der Waals surface area contributed by atoms with Gasteiger partial charge in [-0.15, -0.1) is 0 Å². The maximum absolute atomic E-state index is 11.3. The van der Waals surface area contributed by atoms with Crippen LogP contribution < -0.4 is 5.32 Å². The van der Waals surface area contributed by atoms with Crippen molar-refractivity contribution in [2.24, 2.45) is 5.92 Å². The number of aliphatic hydroxyl groups is 2. The van der Waals surface area contributed by atoms with E-state index in [-0.39, 0.29) is 19.4 Å². The summed E-state index contributed by atoms with van der Waals surface area (Å²) in [5.74, 6) is -2.07. The van der Waals surface area contributed by atoms with Gasteiger partial charge in [-0.2, -0.15) is 0 Å². The minimum Gasteiger partial charge on any atom is -0.481 e. The molecule has 1 saturated carbocycles. The Labute approximate surface area is 104 Å². The molecule has 0 saturated heterocycles. The van der Waals surface area contributed by atoms with Gasteiger partial charge in [0.15, 0.2) is 0 Å². The predicted octanol–water partition coefficient (Wildman–Crippen LogP) is -0.516. The number of carboxylic acid groups (broad SMARTS) is 1. The number of aliphatic hydroxyl groups excluding tert-OH is 2. The molecule has 4 atom stereocenters. The Balaban J connectivity index is 2.62. The van der Waals surface area contributed by atoms with Crippen molar-refractivity contribution in [3.8, 4) is 0 Å². The van der Waals surface area contributed by atoms with Crippen molar-refractivity contribution in [3.63, 3.8) is 0 Å². The third-order valence-corrected chi connectivity index (χ3v) is 2.87. The van der Waals surface area contributed by atoms with Gasteiger partial charge in [0.1, 0.15) is 6.61 Å². The number of amides is 1. The minimum atomic E-state index is -1.13. The number of carbonyl (C=O) groups is 2. The Morgan fingerprint density at radius 2 is 1.94 bits per heavy atom. The molecule has 0 unspecified atom stereocenters. The SMILES string of the molecule is C=CCOC(=O)N[C@@H]1C[C@H](O)[C@H](O)C[C@@H]1C(=O)O. The highest BCUT2D eigenvalue weighted by molar-refractivity contribution is 5.73. The first kappa shape index (κ1) is 14.5. The van der Waals surface area contributed by atoms with Gasteiger partial charge in [0.05, 0.1) is 18.1 Å². The van der Waals surface area contributed by atoms with Gasteiger partial charge in [-0.25, -0.2) is 4.79 Å². The van der Waals surface area contributed by atoms with Gasteiger partial charge in [-0.05, 0) is 12.8 Å². The number of hydrogen-bond donors (Lipinski definition) is 4. The Bertz CT molecular complexity index is 331. The maximum atomic E-state index is 11.3. The second kappa shape index (κ2) is 6.36. The first-order valence-electron chi connectivity index (χ1n) is 5.58. The van der Waals surface area contributed by atoms with Crippen LogP contribution in [0.4, 0.5) is 4.79 Å². The molecule has 0 bridgehead atoms. The average molecular weight is 259 g/mol. The van der Waals surface area contributed by atoms with E-state index < -0.39 is 36.2 Å². The van der Waals surface area contributed by atoms with Crippen molar-refractivity contribution < 1.29 is 29.6 Å². The van der Waals surface area contributed by atoms with Crippen molar-refractivity contribution in [1.82, 2.24) is 5.32 Å². The number of carbonyl (C=O) groups excluding carboxylic acids is 1. The molecule has 1 aliphatic rings. The van der Waals surface area contributed by atoms with Crippen LogP contribution in [0.5, 0.6) is 0 Å². The van der Waals surface area contributed by atoms with Crippen molar-refractivity contribution in [2.45, 2.75) is 31.1 Å². The van der Waals surface area contributed by atoms with Crippen LogP contribution in [0.15, 0.2) is 12.7 Å². The number of nitrogens with one attached hydrogen (secondary N) is 1. The first-order chi connectivity index (χ1) is 8.45. The van der Waals surface area contributed by atoms with E-state index in [1.807, 2.05) is 0 Å². The highest BCUT2D eigenvalue weighted by Crippen LogP contribution is 2.25. The fourth-order valence-corrected chi connectivity index (χ4v) is 1.92. The van der Waals surface area contributed by atoms with Gasteiger partial charge < -0.3 is 25.4 Å². The number of carboxylic acids is 1. The number of ether oxygens (including phenoxy) is 1. The molecule has 1 aliphatic carbocycles. The van der Waals surface area contributed by atoms with E-state index >= 15 is 0 Å². The second-order valence-electron chi connectivity index (χ2n) is 4.19. The molecular formula is C11H17NO6. The zero-order valence-electron chi connectivity index (χ0n) is 9.78. The summed E-state index contributed by atoms with van der Waals surface area (Å²) in [6.45, 7) is 3.39. The molecule has 1 rings (SSSR count). The van der Waals surface area contributed by atoms with E-state index in [1.165, 1.54) is 6.08 Å². The normalized spacial score (nSPS) is 31.4. The second-order valence-corrected chi connectivity index (χ2v) is 4.19. The lowest BCUT2D eigenvalue weighted by Crippen LogP contribution is -2.52. The summed E-state index contributed by atoms with van der Waals surface area (Å²) < 4.78 is 4.68. The first-order valence-corrected chi connectivity index (χ1v) is 5.58. The van der Waals surface area contributed by atoms with Gasteiger partial charge in [-0.3, -0.25) is 4.79 Å². The molecule has 18 heavy (non-hydrogen) atoms. The van der Waals surface area contributed by atoms with E-state index in [0.29, 0.717) is 0 Å². The molecule has 7 heteroatoms. The fourth-order valence-electron chi connectivity index (χ4n) is 1.92. The summed E-state index contributed by atoms with van der Waals surface area (Å²) in [5.41, 5.74) is 0. The van der Waals surface area contributed by atoms with Gasteiger partial charge in [0.2, 0.25) is 0 Å². The molecule has 0 aromatic rings. The highest BCUT2D eigenvalue weighted by Gasteiger charge is 2.40. The van der Waals surface area contributed by atoms with E-state index in [9.17, 15) is 19.8 Å². The molecular weight excluding hydrogens is 242 g/mol. The molecule has 0 spiro atoms. The third kappa shape index (κ3) is 3.71. The highest BCUT2D eigenvalue weighted by atomic mass is 16.5. The summed E-state index contributed by atoms with van der Waals surface area (Å²) in [7, 11) is 0. The van der Waals surface area contributed by atoms with Crippen LogP contribution in [0.25, 0.3) is 0 Å². The number of aliphatic carboxylic acids is 1. The molecule has 0 heterocycles. The smallest absolute Gasteiger partial charge is 0.407 e. The van der Waals surface area contributed by atoms with E-state index in [0.717, 1.165) is 0 Å². The zero-order valence-corrected chi connectivity index (χ0v) is 9.78. The maximum Gasteiger partial charge on any atom is 0.407 e. The summed E-state index contributed by atoms with van der Waals surface area (Å²) >= 11 is 0. The summed E-state index contributed by atoms with van der Waals surface area (Å²) in [6, 6.07) is -0.766. The zero-order chi connectivity index (χ0) is 13.7. The van der Waals surface area contributed by atoms with Gasteiger partial charge in [0, 0.05) is 6.04 Å². The summed E-state index contributed by atoms with van der Waals surface area (Å²) in [4.78, 5) is 22.3. The van der Waals surface area contributed by atoms with Crippen LogP contribution in [0.3, 0.4) is 0 Å². The topological polar surface area (TPSA) is 116 Å². The molecule has 0 radical (unpaired) electrons. The lowest BCUT2D eigenvalue weighted by molar-refractivity contribution is -0.147. The van der Waals surface area contributed by atoms with Gasteiger partial charge >= 0.3 is 12.1 Å². The molecule has 7 nitrogen and oxygen atoms in total. The Hall–Kier alpha value is -1.60. The Morgan fingerprint density at radius 3 is 2.50 bits per heavy atom. The number of hydrogen-bond acceptors (Lipinski definition) is 5. The van der Waals surface area contributed by atoms with Gasteiger partial charge in [0.25, 0.3) is 0 Å². The molecule has 4 N–H and O–H groups in total. The molecule has 1 amide bonds. The summed E-state index contributed by atoms with van der Waals surface area (Å²) in [5, 5.41) is 30.3. The minimum absolute atomic E-state index is 0.0153. The van der Waals surface area contributed by atoms with Crippen molar-refractivity contribution in [3.05, 3.63) is 12.7 Å². The van der Waals surface area contributed by atoms with Crippen molar-refractivity contribution >= 4 is 12.1 Å². The molecule has 102 valence electrons. The van der Waals surface area contributed by atoms with Crippen LogP contribution in [0, 0.1) is 5.92 Å². The van der Waals surface area contributed by atoms with Crippen LogP contribution in [0.1, 0.15) is 12.8 Å². The standard InChI is InChI=1S/C11H17NO6/c1-2-3-18-11(17)12-7-5-9(14)8(13)4-6(7)10(15)16/h2,6-9,13-14H,1,3-5H2,(H,12,17)(H,15,16)/t6-,7+,8+,9-/m0/s1. The van der Waals surface area contributed by atoms with Crippen LogP contribution in [-0.4, -0.2) is 52.2 Å². The monoisotopic (exact) mass is 259 g/mol. The number of alkyl carbamates (subject to hydrolysis) is 1. The molecule has 1 fully saturated rings. The number of rotatable bonds is 4. The van der Waals surface area contributed by atoms with Crippen LogP contribution >= 0.6 is 0 Å². The van der Waals surface area contributed by atoms with E-state index in [1.54, 1.807) is 0 Å². The Kier molecular flexibility index (Phi) is 5.11. The van der Waals surface area contributed by atoms with Crippen LogP contribution in [-0.2, 0) is 9.53 Å². The molecule has 0 aliphatic heterocycles. The Morgan fingerprint density at radius 1 is 1.33 bits per heavy atom. The lowest BCUT2D eigenvalue weighted by atomic mass is 9.81. The quantitative estimate of drug-likeness (QED) is 0.505. The van der Waals surface area contributed by atoms with Gasteiger partial charge in [-0.1, -0.05) is 12.7 Å². The van der Waals surface area contributed by atoms with Crippen molar-refractivity contribution in [2.75, 3.05) is 6.61 Å². The lowest BCUT2D eigenvalue weighted by Gasteiger charge is -2.34. The van der Waals surface area contributed by atoms with E-state index in [4.69, 9.17) is 5.11 Å².